The van der Waals surface area contributed by atoms with Crippen LogP contribution >= 0.6 is 22.7 Å². The number of thiazole rings is 2. The fraction of sp³-hybridized carbons (Fsp3) is 0.316. The van der Waals surface area contributed by atoms with E-state index in [0.717, 1.165) is 49.1 Å². The summed E-state index contributed by atoms with van der Waals surface area (Å²) in [6.45, 7) is 5.62. The normalized spacial score (nSPS) is 14.3. The average molecular weight is 400 g/mol. The first-order chi connectivity index (χ1) is 13.2. The molecule has 0 saturated carbocycles. The lowest BCUT2D eigenvalue weighted by Gasteiger charge is -2.26. The van der Waals surface area contributed by atoms with Crippen molar-refractivity contribution in [3.05, 3.63) is 57.5 Å². The van der Waals surface area contributed by atoms with Gasteiger partial charge in [0.25, 0.3) is 5.91 Å². The molecule has 0 atom stereocenters. The smallest absolute Gasteiger partial charge is 0.269 e. The molecule has 0 aliphatic carbocycles. The fourth-order valence-corrected chi connectivity index (χ4v) is 4.71. The molecule has 3 heterocycles. The number of carbonyl (C=O) groups is 1. The molecule has 1 fully saturated rings. The van der Waals surface area contributed by atoms with Crippen molar-refractivity contribution < 1.29 is 4.79 Å². The standard InChI is InChI=1S/C19H21N5OS2/c1-13-16(27-19(21-13)24-9-7-20-8-10-24)17(25)23-18-22-15(12-26-18)11-14-5-3-2-4-6-14/h2-6,12,20H,7-11H2,1H3,(H,22,23,25). The molecule has 1 amide bonds. The largest absolute Gasteiger partial charge is 0.346 e. The van der Waals surface area contributed by atoms with Gasteiger partial charge in [0.05, 0.1) is 11.4 Å². The van der Waals surface area contributed by atoms with E-state index in [4.69, 9.17) is 0 Å². The van der Waals surface area contributed by atoms with Gasteiger partial charge in [-0.15, -0.1) is 11.3 Å². The summed E-state index contributed by atoms with van der Waals surface area (Å²) >= 11 is 2.91. The number of benzene rings is 1. The van der Waals surface area contributed by atoms with E-state index in [1.54, 1.807) is 0 Å². The molecule has 3 aromatic rings. The van der Waals surface area contributed by atoms with Gasteiger partial charge in [0, 0.05) is 38.0 Å². The maximum absolute atomic E-state index is 12.7. The van der Waals surface area contributed by atoms with Crippen molar-refractivity contribution in [2.24, 2.45) is 0 Å². The minimum atomic E-state index is -0.132. The van der Waals surface area contributed by atoms with E-state index in [9.17, 15) is 4.79 Å². The summed E-state index contributed by atoms with van der Waals surface area (Å²) in [6, 6.07) is 10.2. The number of rotatable bonds is 5. The first-order valence-electron chi connectivity index (χ1n) is 8.92. The Balaban J connectivity index is 1.42. The SMILES string of the molecule is Cc1nc(N2CCNCC2)sc1C(=O)Nc1nc(Cc2ccccc2)cs1. The molecule has 1 aliphatic heterocycles. The summed E-state index contributed by atoms with van der Waals surface area (Å²) in [6.07, 6.45) is 0.764. The first-order valence-corrected chi connectivity index (χ1v) is 10.6. The third-order valence-electron chi connectivity index (χ3n) is 4.38. The minimum absolute atomic E-state index is 0.132. The summed E-state index contributed by atoms with van der Waals surface area (Å²) in [5.41, 5.74) is 2.94. The third kappa shape index (κ3) is 4.35. The van der Waals surface area contributed by atoms with Gasteiger partial charge in [-0.3, -0.25) is 10.1 Å². The summed E-state index contributed by atoms with van der Waals surface area (Å²) in [4.78, 5) is 24.7. The van der Waals surface area contributed by atoms with Crippen molar-refractivity contribution in [3.63, 3.8) is 0 Å². The fourth-order valence-electron chi connectivity index (χ4n) is 2.99. The van der Waals surface area contributed by atoms with E-state index in [0.29, 0.717) is 10.0 Å². The van der Waals surface area contributed by atoms with Crippen LogP contribution in [0.25, 0.3) is 0 Å². The summed E-state index contributed by atoms with van der Waals surface area (Å²) in [5.74, 6) is -0.132. The van der Waals surface area contributed by atoms with Crippen molar-refractivity contribution in [2.75, 3.05) is 36.4 Å². The van der Waals surface area contributed by atoms with Crippen LogP contribution in [0.3, 0.4) is 0 Å². The molecule has 1 aromatic carbocycles. The molecule has 8 heteroatoms. The highest BCUT2D eigenvalue weighted by atomic mass is 32.1. The van der Waals surface area contributed by atoms with Crippen LogP contribution in [0.2, 0.25) is 0 Å². The lowest BCUT2D eigenvalue weighted by atomic mass is 10.1. The zero-order valence-electron chi connectivity index (χ0n) is 15.1. The Kier molecular flexibility index (Phi) is 5.47. The second kappa shape index (κ2) is 8.16. The van der Waals surface area contributed by atoms with Crippen molar-refractivity contribution in [1.29, 1.82) is 0 Å². The minimum Gasteiger partial charge on any atom is -0.346 e. The number of amides is 1. The van der Waals surface area contributed by atoms with Gasteiger partial charge in [-0.05, 0) is 12.5 Å². The van der Waals surface area contributed by atoms with Crippen LogP contribution in [0.15, 0.2) is 35.7 Å². The van der Waals surface area contributed by atoms with Crippen LogP contribution in [0.1, 0.15) is 26.6 Å². The van der Waals surface area contributed by atoms with Gasteiger partial charge in [-0.1, -0.05) is 41.7 Å². The Morgan fingerprint density at radius 2 is 2.00 bits per heavy atom. The molecule has 0 bridgehead atoms. The number of carbonyl (C=O) groups excluding carboxylic acids is 1. The molecule has 1 aliphatic rings. The topological polar surface area (TPSA) is 70.2 Å². The van der Waals surface area contributed by atoms with Crippen LogP contribution < -0.4 is 15.5 Å². The van der Waals surface area contributed by atoms with E-state index >= 15 is 0 Å². The van der Waals surface area contributed by atoms with E-state index in [-0.39, 0.29) is 5.91 Å². The van der Waals surface area contributed by atoms with Crippen LogP contribution in [-0.2, 0) is 6.42 Å². The molecule has 0 unspecified atom stereocenters. The Hall–Kier alpha value is -2.29. The van der Waals surface area contributed by atoms with Crippen molar-refractivity contribution in [2.45, 2.75) is 13.3 Å². The van der Waals surface area contributed by atoms with Gasteiger partial charge in [-0.2, -0.15) is 0 Å². The lowest BCUT2D eigenvalue weighted by Crippen LogP contribution is -2.43. The number of aryl methyl sites for hydroxylation is 1. The van der Waals surface area contributed by atoms with Gasteiger partial charge in [0.2, 0.25) is 0 Å². The van der Waals surface area contributed by atoms with Gasteiger partial charge < -0.3 is 10.2 Å². The number of piperazine rings is 1. The van der Waals surface area contributed by atoms with Crippen molar-refractivity contribution in [1.82, 2.24) is 15.3 Å². The summed E-state index contributed by atoms with van der Waals surface area (Å²) < 4.78 is 0. The highest BCUT2D eigenvalue weighted by Gasteiger charge is 2.21. The Morgan fingerprint density at radius 3 is 2.78 bits per heavy atom. The van der Waals surface area contributed by atoms with Crippen LogP contribution in [0, 0.1) is 6.92 Å². The quantitative estimate of drug-likeness (QED) is 0.690. The zero-order valence-corrected chi connectivity index (χ0v) is 16.7. The maximum atomic E-state index is 12.7. The third-order valence-corrected chi connectivity index (χ3v) is 6.40. The average Bonchev–Trinajstić information content (AvgIpc) is 3.29. The monoisotopic (exact) mass is 399 g/mol. The molecule has 2 N–H and O–H groups in total. The Morgan fingerprint density at radius 1 is 1.22 bits per heavy atom. The highest BCUT2D eigenvalue weighted by Crippen LogP contribution is 2.28. The van der Waals surface area contributed by atoms with E-state index < -0.39 is 0 Å². The van der Waals surface area contributed by atoms with E-state index in [1.807, 2.05) is 30.5 Å². The molecule has 2 aromatic heterocycles. The second-order valence-electron chi connectivity index (χ2n) is 6.41. The van der Waals surface area contributed by atoms with Crippen molar-refractivity contribution in [3.8, 4) is 0 Å². The van der Waals surface area contributed by atoms with Gasteiger partial charge in [-0.25, -0.2) is 9.97 Å². The number of hydrogen-bond donors (Lipinski definition) is 2. The number of aromatic nitrogens is 2. The highest BCUT2D eigenvalue weighted by molar-refractivity contribution is 7.18. The number of nitrogens with one attached hydrogen (secondary N) is 2. The number of anilines is 2. The Bertz CT molecular complexity index is 915. The lowest BCUT2D eigenvalue weighted by molar-refractivity contribution is 0.103. The number of nitrogens with zero attached hydrogens (tertiary/aromatic N) is 3. The second-order valence-corrected chi connectivity index (χ2v) is 8.24. The van der Waals surface area contributed by atoms with E-state index in [2.05, 4.69) is 37.6 Å². The molecular weight excluding hydrogens is 378 g/mol. The van der Waals surface area contributed by atoms with Gasteiger partial charge >= 0.3 is 0 Å². The molecule has 140 valence electrons. The summed E-state index contributed by atoms with van der Waals surface area (Å²) in [7, 11) is 0. The molecule has 6 nitrogen and oxygen atoms in total. The zero-order chi connectivity index (χ0) is 18.6. The number of hydrogen-bond acceptors (Lipinski definition) is 7. The first kappa shape index (κ1) is 18.1. The Labute approximate surface area is 166 Å². The molecule has 27 heavy (non-hydrogen) atoms. The molecular formula is C19H21N5OS2. The molecule has 0 radical (unpaired) electrons. The molecule has 0 spiro atoms. The van der Waals surface area contributed by atoms with Crippen LogP contribution in [0.4, 0.5) is 10.3 Å². The maximum Gasteiger partial charge on any atom is 0.269 e. The van der Waals surface area contributed by atoms with Gasteiger partial charge in [0.15, 0.2) is 10.3 Å². The molecule has 4 rings (SSSR count). The van der Waals surface area contributed by atoms with Crippen LogP contribution in [-0.4, -0.2) is 42.1 Å². The summed E-state index contributed by atoms with van der Waals surface area (Å²) in [5, 5.41) is 9.80. The van der Waals surface area contributed by atoms with E-state index in [1.165, 1.54) is 28.2 Å². The predicted octanol–water partition coefficient (Wildman–Crippen LogP) is 3.16. The van der Waals surface area contributed by atoms with Crippen molar-refractivity contribution >= 4 is 38.8 Å². The van der Waals surface area contributed by atoms with Gasteiger partial charge in [0.1, 0.15) is 4.88 Å². The predicted molar refractivity (Wildman–Crippen MR) is 111 cm³/mol. The molecule has 1 saturated heterocycles. The van der Waals surface area contributed by atoms with Crippen LogP contribution in [0.5, 0.6) is 0 Å².